The number of carbonyl (C=O) groups excluding carboxylic acids is 2. The topological polar surface area (TPSA) is 127 Å². The van der Waals surface area contributed by atoms with Gasteiger partial charge in [-0.3, -0.25) is 9.59 Å². The maximum Gasteiger partial charge on any atom is 0.338 e. The second-order valence-electron chi connectivity index (χ2n) is 7.66. The highest BCUT2D eigenvalue weighted by Crippen LogP contribution is 2.25. The Hall–Kier alpha value is -4.60. The molecule has 0 amide bonds. The summed E-state index contributed by atoms with van der Waals surface area (Å²) < 4.78 is 31.6. The van der Waals surface area contributed by atoms with Gasteiger partial charge in [0, 0.05) is 18.6 Å². The van der Waals surface area contributed by atoms with Crippen LogP contribution in [0.4, 0.5) is 0 Å². The van der Waals surface area contributed by atoms with Crippen LogP contribution in [0.25, 0.3) is 11.0 Å². The van der Waals surface area contributed by atoms with Gasteiger partial charge in [0.2, 0.25) is 11.2 Å². The van der Waals surface area contributed by atoms with E-state index >= 15 is 0 Å². The van der Waals surface area contributed by atoms with Crippen LogP contribution in [0.1, 0.15) is 35.9 Å². The molecule has 186 valence electrons. The van der Waals surface area contributed by atoms with Crippen LogP contribution < -0.4 is 19.6 Å². The molecule has 2 aromatic carbocycles. The summed E-state index contributed by atoms with van der Waals surface area (Å²) in [5, 5.41) is 3.92. The second kappa shape index (κ2) is 11.2. The summed E-state index contributed by atoms with van der Waals surface area (Å²) in [5.41, 5.74) is 0.204. The molecule has 0 bridgehead atoms. The zero-order valence-electron chi connectivity index (χ0n) is 19.6. The molecule has 0 unspecified atom stereocenters. The van der Waals surface area contributed by atoms with Crippen molar-refractivity contribution < 1.29 is 37.5 Å². The van der Waals surface area contributed by atoms with Gasteiger partial charge in [-0.05, 0) is 48.0 Å². The van der Waals surface area contributed by atoms with E-state index in [1.165, 1.54) is 31.6 Å². The Labute approximate surface area is 205 Å². The van der Waals surface area contributed by atoms with Gasteiger partial charge >= 0.3 is 11.9 Å². The van der Waals surface area contributed by atoms with Crippen molar-refractivity contribution in [3.05, 3.63) is 76.3 Å². The Morgan fingerprint density at radius 1 is 1.03 bits per heavy atom. The maximum absolute atomic E-state index is 12.9. The van der Waals surface area contributed by atoms with Crippen LogP contribution in [-0.4, -0.2) is 30.8 Å². The Morgan fingerprint density at radius 2 is 1.81 bits per heavy atom. The molecular weight excluding hydrogens is 470 g/mol. The average molecular weight is 493 g/mol. The quantitative estimate of drug-likeness (QED) is 0.227. The van der Waals surface area contributed by atoms with Crippen molar-refractivity contribution in [1.82, 2.24) is 5.16 Å². The predicted octanol–water partition coefficient (Wildman–Crippen LogP) is 4.69. The summed E-state index contributed by atoms with van der Waals surface area (Å²) in [6.45, 7) is 2.25. The van der Waals surface area contributed by atoms with Crippen molar-refractivity contribution in [1.29, 1.82) is 0 Å². The smallest absolute Gasteiger partial charge is 0.338 e. The molecule has 0 spiro atoms. The first-order valence-corrected chi connectivity index (χ1v) is 11.2. The van der Waals surface area contributed by atoms with Crippen molar-refractivity contribution in [2.24, 2.45) is 0 Å². The minimum Gasteiger partial charge on any atom is -0.479 e. The minimum absolute atomic E-state index is 0.0314. The molecule has 0 atom stereocenters. The SMILES string of the molecule is CCCOC(=O)c1ccc(Oc2coc3cc(OC(=O)CCc4cc(OC)no4)ccc3c2=O)cc1. The van der Waals surface area contributed by atoms with E-state index in [9.17, 15) is 14.4 Å². The molecule has 0 aliphatic heterocycles. The van der Waals surface area contributed by atoms with Crippen LogP contribution in [0, 0.1) is 0 Å². The van der Waals surface area contributed by atoms with Gasteiger partial charge in [-0.2, -0.15) is 0 Å². The van der Waals surface area contributed by atoms with E-state index in [-0.39, 0.29) is 28.9 Å². The molecule has 10 nitrogen and oxygen atoms in total. The number of fused-ring (bicyclic) bond motifs is 1. The maximum atomic E-state index is 12.9. The highest BCUT2D eigenvalue weighted by molar-refractivity contribution is 5.89. The normalized spacial score (nSPS) is 10.7. The number of aryl methyl sites for hydroxylation is 1. The second-order valence-corrected chi connectivity index (χ2v) is 7.66. The molecular formula is C26H23NO9. The zero-order chi connectivity index (χ0) is 25.5. The fourth-order valence-corrected chi connectivity index (χ4v) is 3.20. The number of esters is 2. The number of benzene rings is 2. The van der Waals surface area contributed by atoms with Gasteiger partial charge < -0.3 is 27.9 Å². The first-order valence-electron chi connectivity index (χ1n) is 11.2. The first-order chi connectivity index (χ1) is 17.5. The van der Waals surface area contributed by atoms with Crippen molar-refractivity contribution >= 4 is 22.9 Å². The number of methoxy groups -OCH3 is 1. The van der Waals surface area contributed by atoms with Gasteiger partial charge in [-0.25, -0.2) is 4.79 Å². The number of hydrogen-bond donors (Lipinski definition) is 0. The predicted molar refractivity (Wildman–Crippen MR) is 127 cm³/mol. The van der Waals surface area contributed by atoms with Crippen molar-refractivity contribution in [3.63, 3.8) is 0 Å². The molecule has 4 rings (SSSR count). The van der Waals surface area contributed by atoms with Gasteiger partial charge in [0.1, 0.15) is 29.1 Å². The van der Waals surface area contributed by atoms with Gasteiger partial charge in [0.15, 0.2) is 0 Å². The van der Waals surface area contributed by atoms with E-state index in [1.807, 2.05) is 6.92 Å². The molecule has 2 heterocycles. The number of ether oxygens (including phenoxy) is 4. The van der Waals surface area contributed by atoms with Gasteiger partial charge in [-0.1, -0.05) is 6.92 Å². The van der Waals surface area contributed by atoms with Gasteiger partial charge in [0.25, 0.3) is 5.88 Å². The fourth-order valence-electron chi connectivity index (χ4n) is 3.20. The summed E-state index contributed by atoms with van der Waals surface area (Å²) in [5.74, 6) is 0.448. The fraction of sp³-hybridized carbons (Fsp3) is 0.231. The monoisotopic (exact) mass is 493 g/mol. The summed E-state index contributed by atoms with van der Waals surface area (Å²) in [6.07, 6.45) is 2.26. The Kier molecular flexibility index (Phi) is 7.64. The molecule has 0 N–H and O–H groups in total. The highest BCUT2D eigenvalue weighted by atomic mass is 16.5. The molecule has 0 saturated heterocycles. The van der Waals surface area contributed by atoms with Crippen LogP contribution in [0.2, 0.25) is 0 Å². The first kappa shape index (κ1) is 24.5. The lowest BCUT2D eigenvalue weighted by Crippen LogP contribution is -2.09. The van der Waals surface area contributed by atoms with Crippen molar-refractivity contribution in [2.45, 2.75) is 26.2 Å². The third-order valence-electron chi connectivity index (χ3n) is 5.02. The van der Waals surface area contributed by atoms with E-state index in [4.69, 9.17) is 27.9 Å². The summed E-state index contributed by atoms with van der Waals surface area (Å²) in [6, 6.07) is 12.2. The number of hydrogen-bond acceptors (Lipinski definition) is 10. The van der Waals surface area contributed by atoms with Gasteiger partial charge in [0.05, 0.1) is 31.1 Å². The Morgan fingerprint density at radius 3 is 2.53 bits per heavy atom. The van der Waals surface area contributed by atoms with E-state index in [2.05, 4.69) is 5.16 Å². The molecule has 4 aromatic rings. The molecule has 2 aromatic heterocycles. The van der Waals surface area contributed by atoms with Crippen LogP contribution in [-0.2, 0) is 16.0 Å². The van der Waals surface area contributed by atoms with Crippen LogP contribution >= 0.6 is 0 Å². The van der Waals surface area contributed by atoms with Crippen LogP contribution in [0.5, 0.6) is 23.1 Å². The standard InChI is InChI=1S/C26H23NO9/c1-3-12-32-26(30)16-4-6-17(7-5-16)34-22-15-33-21-13-18(8-10-20(21)25(22)29)35-24(28)11-9-19-14-23(31-2)27-36-19/h4-8,10,13-15H,3,9,11-12H2,1-2H3. The molecule has 36 heavy (non-hydrogen) atoms. The van der Waals surface area contributed by atoms with E-state index in [0.717, 1.165) is 6.42 Å². The van der Waals surface area contributed by atoms with E-state index in [0.29, 0.717) is 36.0 Å². The van der Waals surface area contributed by atoms with Crippen LogP contribution in [0.3, 0.4) is 0 Å². The summed E-state index contributed by atoms with van der Waals surface area (Å²) in [7, 11) is 1.47. The number of rotatable bonds is 10. The molecule has 0 aliphatic rings. The Bertz CT molecular complexity index is 1420. The third-order valence-corrected chi connectivity index (χ3v) is 5.02. The molecule has 0 radical (unpaired) electrons. The summed E-state index contributed by atoms with van der Waals surface area (Å²) in [4.78, 5) is 36.9. The average Bonchev–Trinajstić information content (AvgIpc) is 3.36. The number of nitrogens with zero attached hydrogens (tertiary/aromatic N) is 1. The van der Waals surface area contributed by atoms with E-state index < -0.39 is 17.4 Å². The molecule has 0 aliphatic carbocycles. The third kappa shape index (κ3) is 5.90. The Balaban J connectivity index is 1.40. The van der Waals surface area contributed by atoms with Crippen molar-refractivity contribution in [3.8, 4) is 23.1 Å². The zero-order valence-corrected chi connectivity index (χ0v) is 19.6. The molecule has 10 heteroatoms. The van der Waals surface area contributed by atoms with E-state index in [1.54, 1.807) is 30.3 Å². The summed E-state index contributed by atoms with van der Waals surface area (Å²) >= 11 is 0. The minimum atomic E-state index is -0.492. The lowest BCUT2D eigenvalue weighted by Gasteiger charge is -2.08. The lowest BCUT2D eigenvalue weighted by molar-refractivity contribution is -0.134. The van der Waals surface area contributed by atoms with Gasteiger partial charge in [-0.15, -0.1) is 0 Å². The molecule has 0 fully saturated rings. The highest BCUT2D eigenvalue weighted by Gasteiger charge is 2.14. The number of carbonyl (C=O) groups is 2. The van der Waals surface area contributed by atoms with Crippen LogP contribution in [0.15, 0.2) is 68.5 Å². The number of aromatic nitrogens is 1. The molecule has 0 saturated carbocycles. The largest absolute Gasteiger partial charge is 0.479 e. The van der Waals surface area contributed by atoms with Crippen molar-refractivity contribution in [2.75, 3.05) is 13.7 Å². The lowest BCUT2D eigenvalue weighted by atomic mass is 10.2.